The van der Waals surface area contributed by atoms with Gasteiger partial charge in [0.25, 0.3) is 0 Å². The summed E-state index contributed by atoms with van der Waals surface area (Å²) in [6, 6.07) is 10.7. The minimum absolute atomic E-state index is 0.129. The molecule has 1 amide bonds. The van der Waals surface area contributed by atoms with Crippen LogP contribution in [0, 0.1) is 17.8 Å². The van der Waals surface area contributed by atoms with E-state index in [0.717, 1.165) is 38.4 Å². The first kappa shape index (κ1) is 17.7. The molecule has 1 saturated heterocycles. The number of amides is 1. The van der Waals surface area contributed by atoms with E-state index in [1.54, 1.807) is 0 Å². The molecule has 3 aliphatic rings. The highest BCUT2D eigenvalue weighted by Gasteiger charge is 2.42. The van der Waals surface area contributed by atoms with Crippen LogP contribution in [0.3, 0.4) is 0 Å². The number of rotatable bonds is 4. The van der Waals surface area contributed by atoms with Crippen molar-refractivity contribution < 1.29 is 4.79 Å². The number of carbonyl (C=O) groups excluding carboxylic acids is 1. The van der Waals surface area contributed by atoms with Gasteiger partial charge in [-0.25, -0.2) is 4.98 Å². The van der Waals surface area contributed by atoms with E-state index in [1.165, 1.54) is 12.0 Å². The fourth-order valence-corrected chi connectivity index (χ4v) is 5.30. The van der Waals surface area contributed by atoms with Crippen LogP contribution in [0.2, 0.25) is 0 Å². The highest BCUT2D eigenvalue weighted by molar-refractivity contribution is 5.80. The van der Waals surface area contributed by atoms with Crippen molar-refractivity contribution in [3.8, 4) is 0 Å². The number of aryl methyl sites for hydroxylation is 1. The third-order valence-corrected chi connectivity index (χ3v) is 6.81. The lowest BCUT2D eigenvalue weighted by Crippen LogP contribution is -2.52. The van der Waals surface area contributed by atoms with Gasteiger partial charge >= 0.3 is 0 Å². The zero-order valence-electron chi connectivity index (χ0n) is 16.4. The first-order valence-electron chi connectivity index (χ1n) is 10.4. The first-order valence-corrected chi connectivity index (χ1v) is 10.4. The van der Waals surface area contributed by atoms with Gasteiger partial charge in [-0.1, -0.05) is 42.5 Å². The van der Waals surface area contributed by atoms with E-state index in [-0.39, 0.29) is 12.0 Å². The molecule has 2 bridgehead atoms. The highest BCUT2D eigenvalue weighted by atomic mass is 16.2. The van der Waals surface area contributed by atoms with Crippen molar-refractivity contribution in [3.63, 3.8) is 0 Å². The topological polar surface area (TPSA) is 41.4 Å². The number of imidazole rings is 1. The lowest BCUT2D eigenvalue weighted by atomic mass is 9.92. The number of aromatic nitrogens is 2. The molecule has 1 saturated carbocycles. The maximum atomic E-state index is 13.1. The predicted molar refractivity (Wildman–Crippen MR) is 108 cm³/mol. The molecule has 1 aromatic carbocycles. The SMILES string of the molecule is Cn1ccnc1C(c1ccccc1)N1CCN(C(=O)[C@@H]2C[C@@H]3C=C[C@H]2C3)CC1. The second kappa shape index (κ2) is 7.21. The molecule has 2 aliphatic carbocycles. The highest BCUT2D eigenvalue weighted by Crippen LogP contribution is 2.44. The maximum Gasteiger partial charge on any atom is 0.226 e. The Morgan fingerprint density at radius 1 is 1.07 bits per heavy atom. The third-order valence-electron chi connectivity index (χ3n) is 6.81. The number of fused-ring (bicyclic) bond motifs is 2. The molecular weight excluding hydrogens is 348 g/mol. The van der Waals surface area contributed by atoms with Crippen molar-refractivity contribution in [2.45, 2.75) is 18.9 Å². The van der Waals surface area contributed by atoms with Crippen LogP contribution >= 0.6 is 0 Å². The summed E-state index contributed by atoms with van der Waals surface area (Å²) in [6.07, 6.45) is 10.7. The Morgan fingerprint density at radius 2 is 1.86 bits per heavy atom. The number of hydrogen-bond acceptors (Lipinski definition) is 3. The van der Waals surface area contributed by atoms with Gasteiger partial charge in [-0.05, 0) is 30.2 Å². The normalized spacial score (nSPS) is 28.0. The van der Waals surface area contributed by atoms with Gasteiger partial charge in [0.2, 0.25) is 5.91 Å². The molecule has 146 valence electrons. The fourth-order valence-electron chi connectivity index (χ4n) is 5.30. The molecule has 4 atom stereocenters. The third kappa shape index (κ3) is 3.08. The lowest BCUT2D eigenvalue weighted by Gasteiger charge is -2.40. The first-order chi connectivity index (χ1) is 13.7. The van der Waals surface area contributed by atoms with Gasteiger partial charge in [0, 0.05) is 51.5 Å². The summed E-state index contributed by atoms with van der Waals surface area (Å²) in [5.41, 5.74) is 1.26. The van der Waals surface area contributed by atoms with Crippen molar-refractivity contribution in [1.82, 2.24) is 19.4 Å². The van der Waals surface area contributed by atoms with E-state index in [1.807, 2.05) is 12.4 Å². The minimum Gasteiger partial charge on any atom is -0.340 e. The van der Waals surface area contributed by atoms with Gasteiger partial charge in [-0.2, -0.15) is 0 Å². The quantitative estimate of drug-likeness (QED) is 0.771. The Labute approximate surface area is 166 Å². The number of nitrogens with zero attached hydrogens (tertiary/aromatic N) is 4. The van der Waals surface area contributed by atoms with E-state index >= 15 is 0 Å². The minimum atomic E-state index is 0.129. The summed E-state index contributed by atoms with van der Waals surface area (Å²) in [4.78, 5) is 22.3. The summed E-state index contributed by atoms with van der Waals surface area (Å²) in [5, 5.41) is 0. The number of allylic oxidation sites excluding steroid dienone is 2. The van der Waals surface area contributed by atoms with Gasteiger partial charge < -0.3 is 9.47 Å². The van der Waals surface area contributed by atoms with Gasteiger partial charge in [0.05, 0.1) is 6.04 Å². The van der Waals surface area contributed by atoms with Crippen molar-refractivity contribution in [1.29, 1.82) is 0 Å². The largest absolute Gasteiger partial charge is 0.340 e. The Hall–Kier alpha value is -2.40. The molecule has 1 aliphatic heterocycles. The van der Waals surface area contributed by atoms with Gasteiger partial charge in [0.15, 0.2) is 0 Å². The average Bonchev–Trinajstić information content (AvgIpc) is 3.47. The van der Waals surface area contributed by atoms with Crippen LogP contribution in [0.25, 0.3) is 0 Å². The molecule has 0 radical (unpaired) electrons. The monoisotopic (exact) mass is 376 g/mol. The molecule has 1 aromatic heterocycles. The molecule has 5 rings (SSSR count). The van der Waals surface area contributed by atoms with Crippen LogP contribution < -0.4 is 0 Å². The number of benzene rings is 1. The van der Waals surface area contributed by atoms with Crippen LogP contribution in [-0.4, -0.2) is 51.4 Å². The van der Waals surface area contributed by atoms with Gasteiger partial charge in [0.1, 0.15) is 5.82 Å². The van der Waals surface area contributed by atoms with Gasteiger partial charge in [-0.3, -0.25) is 9.69 Å². The summed E-state index contributed by atoms with van der Waals surface area (Å²) in [7, 11) is 2.06. The molecule has 1 unspecified atom stereocenters. The smallest absolute Gasteiger partial charge is 0.226 e. The van der Waals surface area contributed by atoms with Crippen LogP contribution in [0.4, 0.5) is 0 Å². The van der Waals surface area contributed by atoms with E-state index in [9.17, 15) is 4.79 Å². The molecular formula is C23H28N4O. The van der Waals surface area contributed by atoms with Crippen molar-refractivity contribution in [2.24, 2.45) is 24.8 Å². The molecule has 0 N–H and O–H groups in total. The molecule has 5 heteroatoms. The Morgan fingerprint density at radius 3 is 2.46 bits per heavy atom. The molecule has 5 nitrogen and oxygen atoms in total. The molecule has 2 aromatic rings. The van der Waals surface area contributed by atoms with E-state index in [4.69, 9.17) is 0 Å². The summed E-state index contributed by atoms with van der Waals surface area (Å²) in [6.45, 7) is 3.39. The Balaban J connectivity index is 1.31. The zero-order chi connectivity index (χ0) is 19.1. The second-order valence-corrected chi connectivity index (χ2v) is 8.46. The van der Waals surface area contributed by atoms with E-state index < -0.39 is 0 Å². The summed E-state index contributed by atoms with van der Waals surface area (Å²) >= 11 is 0. The number of carbonyl (C=O) groups is 1. The fraction of sp³-hybridized carbons (Fsp3) is 0.478. The molecule has 2 fully saturated rings. The predicted octanol–water partition coefficient (Wildman–Crippen LogP) is 2.87. The van der Waals surface area contributed by atoms with Crippen LogP contribution in [0.15, 0.2) is 54.9 Å². The van der Waals surface area contributed by atoms with Crippen LogP contribution in [-0.2, 0) is 11.8 Å². The summed E-state index contributed by atoms with van der Waals surface area (Å²) < 4.78 is 2.11. The van der Waals surface area contributed by atoms with Crippen LogP contribution in [0.1, 0.15) is 30.3 Å². The lowest BCUT2D eigenvalue weighted by molar-refractivity contribution is -0.138. The molecule has 0 spiro atoms. The Kier molecular flexibility index (Phi) is 4.55. The zero-order valence-corrected chi connectivity index (χ0v) is 16.4. The maximum absolute atomic E-state index is 13.1. The standard InChI is InChI=1S/C23H28N4O/c1-25-10-9-24-22(25)21(18-5-3-2-4-6-18)26-11-13-27(14-12-26)23(28)20-16-17-7-8-19(20)15-17/h2-10,17,19-21H,11-16H2,1H3/t17-,19+,20-,21?/m1/s1. The number of hydrogen-bond donors (Lipinski definition) is 0. The number of piperazine rings is 1. The van der Waals surface area contributed by atoms with E-state index in [2.05, 4.69) is 68.9 Å². The van der Waals surface area contributed by atoms with Crippen molar-refractivity contribution in [3.05, 3.63) is 66.3 Å². The summed E-state index contributed by atoms with van der Waals surface area (Å²) in [5.74, 6) is 2.79. The average molecular weight is 377 g/mol. The molecule has 2 heterocycles. The van der Waals surface area contributed by atoms with Crippen molar-refractivity contribution >= 4 is 5.91 Å². The van der Waals surface area contributed by atoms with Crippen molar-refractivity contribution in [2.75, 3.05) is 26.2 Å². The van der Waals surface area contributed by atoms with Crippen LogP contribution in [0.5, 0.6) is 0 Å². The Bertz CT molecular complexity index is 866. The van der Waals surface area contributed by atoms with E-state index in [0.29, 0.717) is 17.7 Å². The second-order valence-electron chi connectivity index (χ2n) is 8.46. The molecule has 28 heavy (non-hydrogen) atoms. The van der Waals surface area contributed by atoms with Gasteiger partial charge in [-0.15, -0.1) is 0 Å².